The summed E-state index contributed by atoms with van der Waals surface area (Å²) in [6.45, 7) is -3.73. The van der Waals surface area contributed by atoms with Crippen LogP contribution < -0.4 is 0 Å². The molecule has 2 nitrogen and oxygen atoms in total. The molecule has 0 bridgehead atoms. The standard InChI is InChI=1S/C14H10Cl2O2Si/c15-19(16,13(17)11-7-3-1-4-8-11)14(18)12-9-5-2-6-10-12/h1-10H. The number of hydrogen-bond donors (Lipinski definition) is 0. The number of benzene rings is 2. The second kappa shape index (κ2) is 5.69. The summed E-state index contributed by atoms with van der Waals surface area (Å²) in [5.74, 6) is 0. The SMILES string of the molecule is O=C(c1ccccc1)[Si](Cl)(Cl)C(=O)c1ccccc1. The Morgan fingerprint density at radius 1 is 0.684 bits per heavy atom. The number of halogens is 2. The van der Waals surface area contributed by atoms with Crippen LogP contribution in [0.15, 0.2) is 60.7 Å². The van der Waals surface area contributed by atoms with E-state index in [0.717, 1.165) is 0 Å². The van der Waals surface area contributed by atoms with E-state index >= 15 is 0 Å². The van der Waals surface area contributed by atoms with Gasteiger partial charge < -0.3 is 0 Å². The highest BCUT2D eigenvalue weighted by Gasteiger charge is 2.47. The molecule has 0 aliphatic heterocycles. The fraction of sp³-hybridized carbons (Fsp3) is 0. The van der Waals surface area contributed by atoms with Crippen molar-refractivity contribution in [3.63, 3.8) is 0 Å². The summed E-state index contributed by atoms with van der Waals surface area (Å²) in [4.78, 5) is 24.5. The van der Waals surface area contributed by atoms with E-state index in [-0.39, 0.29) is 0 Å². The van der Waals surface area contributed by atoms with Gasteiger partial charge in [0.05, 0.1) is 0 Å². The van der Waals surface area contributed by atoms with Gasteiger partial charge in [0.1, 0.15) is 0 Å². The van der Waals surface area contributed by atoms with Crippen LogP contribution in [0.5, 0.6) is 0 Å². The highest BCUT2D eigenvalue weighted by Crippen LogP contribution is 2.25. The van der Waals surface area contributed by atoms with Crippen LogP contribution >= 0.6 is 22.2 Å². The molecule has 5 heteroatoms. The first-order valence-electron chi connectivity index (χ1n) is 5.61. The molecule has 2 rings (SSSR count). The molecule has 0 amide bonds. The van der Waals surface area contributed by atoms with Gasteiger partial charge in [0.25, 0.3) is 0 Å². The fourth-order valence-electron chi connectivity index (χ4n) is 1.64. The third-order valence-electron chi connectivity index (χ3n) is 2.64. The zero-order valence-corrected chi connectivity index (χ0v) is 12.4. The molecule has 0 atom stereocenters. The van der Waals surface area contributed by atoms with Gasteiger partial charge in [-0.1, -0.05) is 60.7 Å². The normalized spacial score (nSPS) is 11.1. The molecule has 0 N–H and O–H groups in total. The highest BCUT2D eigenvalue weighted by atomic mass is 35.7. The molecular formula is C14H10Cl2O2Si. The minimum Gasteiger partial charge on any atom is -0.296 e. The molecule has 2 aromatic carbocycles. The topological polar surface area (TPSA) is 34.1 Å². The van der Waals surface area contributed by atoms with E-state index in [1.54, 1.807) is 60.7 Å². The summed E-state index contributed by atoms with van der Waals surface area (Å²) in [6.07, 6.45) is 0. The zero-order valence-electron chi connectivity index (χ0n) is 9.85. The minimum atomic E-state index is -3.73. The molecule has 0 heterocycles. The van der Waals surface area contributed by atoms with Crippen molar-refractivity contribution in [2.75, 3.05) is 0 Å². The summed E-state index contributed by atoms with van der Waals surface area (Å²) in [5.41, 5.74) is 0.729. The summed E-state index contributed by atoms with van der Waals surface area (Å²) < 4.78 is 0. The summed E-state index contributed by atoms with van der Waals surface area (Å²) >= 11 is 12.2. The van der Waals surface area contributed by atoms with Crippen LogP contribution in [0.1, 0.15) is 20.7 Å². The smallest absolute Gasteiger partial charge is 0.296 e. The third-order valence-corrected chi connectivity index (χ3v) is 6.42. The maximum atomic E-state index is 12.3. The van der Waals surface area contributed by atoms with Gasteiger partial charge in [-0.05, 0) is 0 Å². The Labute approximate surface area is 121 Å². The molecule has 0 aliphatic rings. The lowest BCUT2D eigenvalue weighted by Crippen LogP contribution is -2.42. The Morgan fingerprint density at radius 2 is 1.00 bits per heavy atom. The number of carbonyl (C=O) groups excluding carboxylic acids is 2. The Bertz CT molecular complexity index is 544. The molecule has 0 aromatic heterocycles. The zero-order chi connectivity index (χ0) is 13.9. The van der Waals surface area contributed by atoms with E-state index < -0.39 is 17.5 Å². The Morgan fingerprint density at radius 3 is 1.32 bits per heavy atom. The predicted molar refractivity (Wildman–Crippen MR) is 79.0 cm³/mol. The van der Waals surface area contributed by atoms with Crippen molar-refractivity contribution in [3.05, 3.63) is 71.8 Å². The molecule has 0 saturated heterocycles. The molecule has 0 aliphatic carbocycles. The highest BCUT2D eigenvalue weighted by molar-refractivity contribution is 7.69. The molecular weight excluding hydrogens is 299 g/mol. The third kappa shape index (κ3) is 2.95. The molecule has 2 aromatic rings. The lowest BCUT2D eigenvalue weighted by atomic mass is 10.2. The molecule has 0 radical (unpaired) electrons. The van der Waals surface area contributed by atoms with Gasteiger partial charge in [-0.25, -0.2) is 0 Å². The van der Waals surface area contributed by atoms with Gasteiger partial charge >= 0.3 is 6.69 Å². The summed E-state index contributed by atoms with van der Waals surface area (Å²) in [5, 5.41) is -0.962. The van der Waals surface area contributed by atoms with Crippen molar-refractivity contribution in [1.82, 2.24) is 0 Å². The lowest BCUT2D eigenvalue weighted by molar-refractivity contribution is 0.103. The molecule has 96 valence electrons. The van der Waals surface area contributed by atoms with Gasteiger partial charge in [0.15, 0.2) is 10.8 Å². The first kappa shape index (κ1) is 14.0. The van der Waals surface area contributed by atoms with Crippen molar-refractivity contribution < 1.29 is 9.59 Å². The predicted octanol–water partition coefficient (Wildman–Crippen LogP) is 3.75. The van der Waals surface area contributed by atoms with Crippen molar-refractivity contribution in [3.8, 4) is 0 Å². The summed E-state index contributed by atoms with van der Waals surface area (Å²) in [6, 6.07) is 16.8. The van der Waals surface area contributed by atoms with Gasteiger partial charge in [-0.2, -0.15) is 0 Å². The van der Waals surface area contributed by atoms with Gasteiger partial charge in [0, 0.05) is 11.1 Å². The molecule has 0 saturated carbocycles. The quantitative estimate of drug-likeness (QED) is 0.637. The van der Waals surface area contributed by atoms with Crippen molar-refractivity contribution in [1.29, 1.82) is 0 Å². The fourth-order valence-corrected chi connectivity index (χ4v) is 4.22. The lowest BCUT2D eigenvalue weighted by Gasteiger charge is -2.14. The van der Waals surface area contributed by atoms with E-state index in [0.29, 0.717) is 11.1 Å². The summed E-state index contributed by atoms with van der Waals surface area (Å²) in [7, 11) is 0. The Balaban J connectivity index is 2.33. The largest absolute Gasteiger partial charge is 0.397 e. The second-order valence-corrected chi connectivity index (χ2v) is 10.0. The average molecular weight is 309 g/mol. The van der Waals surface area contributed by atoms with Crippen molar-refractivity contribution >= 4 is 39.7 Å². The molecule has 0 fully saturated rings. The van der Waals surface area contributed by atoms with E-state index in [4.69, 9.17) is 22.2 Å². The van der Waals surface area contributed by atoms with Gasteiger partial charge in [0.2, 0.25) is 0 Å². The molecule has 0 unspecified atom stereocenters. The maximum Gasteiger partial charge on any atom is 0.397 e. The van der Waals surface area contributed by atoms with Gasteiger partial charge in [-0.15, -0.1) is 22.2 Å². The minimum absolute atomic E-state index is 0.364. The Kier molecular flexibility index (Phi) is 4.19. The van der Waals surface area contributed by atoms with Crippen LogP contribution in [0, 0.1) is 0 Å². The second-order valence-electron chi connectivity index (χ2n) is 3.96. The monoisotopic (exact) mass is 308 g/mol. The molecule has 0 spiro atoms. The number of rotatable bonds is 4. The number of hydrogen-bond acceptors (Lipinski definition) is 2. The first-order chi connectivity index (χ1) is 9.03. The van der Waals surface area contributed by atoms with Crippen molar-refractivity contribution in [2.24, 2.45) is 0 Å². The van der Waals surface area contributed by atoms with Gasteiger partial charge in [-0.3, -0.25) is 9.59 Å². The van der Waals surface area contributed by atoms with Crippen LogP contribution in [-0.2, 0) is 0 Å². The maximum absolute atomic E-state index is 12.3. The van der Waals surface area contributed by atoms with Crippen molar-refractivity contribution in [2.45, 2.75) is 0 Å². The van der Waals surface area contributed by atoms with Crippen LogP contribution in [0.3, 0.4) is 0 Å². The van der Waals surface area contributed by atoms with Crippen LogP contribution in [0.4, 0.5) is 0 Å². The van der Waals surface area contributed by atoms with E-state index in [1.165, 1.54) is 0 Å². The van der Waals surface area contributed by atoms with Crippen LogP contribution in [-0.4, -0.2) is 17.5 Å². The van der Waals surface area contributed by atoms with E-state index in [1.807, 2.05) is 0 Å². The van der Waals surface area contributed by atoms with Crippen LogP contribution in [0.2, 0.25) is 0 Å². The first-order valence-corrected chi connectivity index (χ1v) is 9.63. The molecule has 19 heavy (non-hydrogen) atoms. The van der Waals surface area contributed by atoms with Crippen LogP contribution in [0.25, 0.3) is 0 Å². The van der Waals surface area contributed by atoms with E-state index in [9.17, 15) is 9.59 Å². The number of carbonyl (C=O) groups is 2. The average Bonchev–Trinajstić information content (AvgIpc) is 2.47. The van der Waals surface area contributed by atoms with E-state index in [2.05, 4.69) is 0 Å². The Hall–Kier alpha value is -1.42.